The second-order valence-electron chi connectivity index (χ2n) is 16.8. The van der Waals surface area contributed by atoms with E-state index in [4.69, 9.17) is 4.74 Å². The van der Waals surface area contributed by atoms with Crippen molar-refractivity contribution in [3.8, 4) is 5.75 Å². The van der Waals surface area contributed by atoms with Crippen LogP contribution >= 0.6 is 0 Å². The molecule has 0 saturated carbocycles. The molecule has 1 fully saturated rings. The fraction of sp³-hybridized carbons (Fsp3) is 0.306. The van der Waals surface area contributed by atoms with Gasteiger partial charge in [-0.3, -0.25) is 38.5 Å². The summed E-state index contributed by atoms with van der Waals surface area (Å²) in [4.78, 5) is 111. The van der Waals surface area contributed by atoms with E-state index < -0.39 is 35.8 Å². The van der Waals surface area contributed by atoms with Crippen molar-refractivity contribution in [1.82, 2.24) is 25.0 Å². The Morgan fingerprint density at radius 1 is 0.776 bits per heavy atom. The molecule has 5 N–H and O–H groups in total. The van der Waals surface area contributed by atoms with Gasteiger partial charge in [0.05, 0.1) is 5.69 Å². The van der Waals surface area contributed by atoms with Gasteiger partial charge in [-0.1, -0.05) is 30.7 Å². The fourth-order valence-corrected chi connectivity index (χ4v) is 8.47. The normalized spacial score (nSPS) is 15.2. The smallest absolute Gasteiger partial charge is 0.415 e. The standard InChI is InChI=1S/C49H50N8O10/c1-54-23-25-55(26-24-54)49(66)67-41-29-40-35(34-7-4-5-8-36(34)41)20-22-56(40)48(65)39-28-31-27-33(14-15-37(31)52-39)51-46(63)30-10-12-32(13-11-30)50-47(64)38(16-19-45(61)62)53-42(58)9-3-2-6-21-57-43(59)17-18-44(57)60/h4-5,7-8,10-15,17-18,27-29,38,52H,2-3,6,9,16,19-26H2,1H3,(H,50,64)(H,51,63)(H,53,58)(H,61,62). The van der Waals surface area contributed by atoms with Crippen LogP contribution in [0.5, 0.6) is 5.75 Å². The van der Waals surface area contributed by atoms with E-state index in [0.717, 1.165) is 34.3 Å². The van der Waals surface area contributed by atoms with Gasteiger partial charge in [0.2, 0.25) is 11.8 Å². The second kappa shape index (κ2) is 20.1. The molecule has 0 aliphatic carbocycles. The molecule has 0 spiro atoms. The van der Waals surface area contributed by atoms with E-state index in [1.54, 1.807) is 40.1 Å². The molecule has 4 aromatic carbocycles. The molecule has 67 heavy (non-hydrogen) atoms. The lowest BCUT2D eigenvalue weighted by Gasteiger charge is -2.31. The number of nitrogens with one attached hydrogen (secondary N) is 4. The highest BCUT2D eigenvalue weighted by atomic mass is 16.6. The maximum atomic E-state index is 14.1. The predicted octanol–water partition coefficient (Wildman–Crippen LogP) is 5.30. The van der Waals surface area contributed by atoms with E-state index in [1.165, 1.54) is 36.4 Å². The van der Waals surface area contributed by atoms with Crippen LogP contribution in [0.3, 0.4) is 0 Å². The summed E-state index contributed by atoms with van der Waals surface area (Å²) in [5.41, 5.74) is 3.78. The molecule has 1 unspecified atom stereocenters. The lowest BCUT2D eigenvalue weighted by Crippen LogP contribution is -2.48. The minimum atomic E-state index is -1.14. The van der Waals surface area contributed by atoms with Crippen molar-refractivity contribution in [2.75, 3.05) is 61.8 Å². The van der Waals surface area contributed by atoms with Crippen molar-refractivity contribution < 1.29 is 48.2 Å². The van der Waals surface area contributed by atoms with Crippen molar-refractivity contribution in [1.29, 1.82) is 0 Å². The van der Waals surface area contributed by atoms with Gasteiger partial charge in [-0.25, -0.2) is 4.79 Å². The van der Waals surface area contributed by atoms with Gasteiger partial charge in [0, 0.05) is 104 Å². The quantitative estimate of drug-likeness (QED) is 0.0630. The first-order valence-corrected chi connectivity index (χ1v) is 22.2. The highest BCUT2D eigenvalue weighted by molar-refractivity contribution is 6.13. The van der Waals surface area contributed by atoms with Crippen molar-refractivity contribution in [3.63, 3.8) is 0 Å². The third-order valence-electron chi connectivity index (χ3n) is 12.2. The first-order chi connectivity index (χ1) is 32.3. The van der Waals surface area contributed by atoms with Crippen molar-refractivity contribution in [2.24, 2.45) is 0 Å². The number of ether oxygens (including phenoxy) is 1. The van der Waals surface area contributed by atoms with E-state index in [9.17, 15) is 43.5 Å². The fourth-order valence-electron chi connectivity index (χ4n) is 8.47. The molecule has 7 amide bonds. The van der Waals surface area contributed by atoms with Gasteiger partial charge >= 0.3 is 12.1 Å². The number of aliphatic carboxylic acids is 1. The van der Waals surface area contributed by atoms with Gasteiger partial charge in [-0.2, -0.15) is 0 Å². The topological polar surface area (TPSA) is 231 Å². The number of H-pyrrole nitrogens is 1. The number of imide groups is 1. The van der Waals surface area contributed by atoms with Crippen LogP contribution in [0.1, 0.15) is 64.9 Å². The summed E-state index contributed by atoms with van der Waals surface area (Å²) >= 11 is 0. The molecule has 1 aromatic heterocycles. The Hall–Kier alpha value is -7.86. The largest absolute Gasteiger partial charge is 0.481 e. The van der Waals surface area contributed by atoms with Crippen LogP contribution in [0.4, 0.5) is 21.9 Å². The zero-order valence-electron chi connectivity index (χ0n) is 36.8. The molecule has 346 valence electrons. The van der Waals surface area contributed by atoms with E-state index >= 15 is 0 Å². The van der Waals surface area contributed by atoms with Crippen LogP contribution in [-0.4, -0.2) is 125 Å². The molecular formula is C49H50N8O10. The number of hydrogen-bond acceptors (Lipinski definition) is 10. The Morgan fingerprint density at radius 3 is 2.22 bits per heavy atom. The molecule has 0 radical (unpaired) electrons. The second-order valence-corrected chi connectivity index (χ2v) is 16.8. The number of carbonyl (C=O) groups is 8. The number of rotatable bonds is 16. The lowest BCUT2D eigenvalue weighted by molar-refractivity contribution is -0.138. The molecule has 1 saturated heterocycles. The van der Waals surface area contributed by atoms with E-state index in [1.807, 2.05) is 31.3 Å². The average Bonchev–Trinajstić information content (AvgIpc) is 4.04. The average molecular weight is 911 g/mol. The molecule has 3 aliphatic rings. The first kappa shape index (κ1) is 45.7. The van der Waals surface area contributed by atoms with Crippen LogP contribution < -0.4 is 25.6 Å². The number of aromatic nitrogens is 1. The van der Waals surface area contributed by atoms with Gasteiger partial charge in [-0.05, 0) is 92.2 Å². The molecule has 3 aliphatic heterocycles. The number of carbonyl (C=O) groups excluding carboxylic acids is 7. The summed E-state index contributed by atoms with van der Waals surface area (Å²) in [6, 6.07) is 21.4. The molecular weight excluding hydrogens is 861 g/mol. The lowest BCUT2D eigenvalue weighted by atomic mass is 10.0. The number of aromatic amines is 1. The predicted molar refractivity (Wildman–Crippen MR) is 249 cm³/mol. The Kier molecular flexibility index (Phi) is 13.7. The Labute approximate surface area is 384 Å². The van der Waals surface area contributed by atoms with Crippen LogP contribution in [0.15, 0.2) is 91.0 Å². The molecule has 18 heteroatoms. The van der Waals surface area contributed by atoms with Gasteiger partial charge in [0.25, 0.3) is 23.6 Å². The van der Waals surface area contributed by atoms with Crippen molar-refractivity contribution >= 4 is 86.2 Å². The maximum absolute atomic E-state index is 14.1. The molecule has 18 nitrogen and oxygen atoms in total. The van der Waals surface area contributed by atoms with E-state index in [0.29, 0.717) is 84.7 Å². The summed E-state index contributed by atoms with van der Waals surface area (Å²) in [7, 11) is 2.01. The minimum Gasteiger partial charge on any atom is -0.481 e. The van der Waals surface area contributed by atoms with Crippen molar-refractivity contribution in [2.45, 2.75) is 51.0 Å². The SMILES string of the molecule is CN1CCN(C(=O)Oc2cc3c(c4ccccc24)CCN3C(=O)c2cc3cc(NC(=O)c4ccc(NC(=O)C(CCC(=O)O)NC(=O)CCCCCN5C(=O)C=CC5=O)cc4)ccc3[nH]2)CC1. The van der Waals surface area contributed by atoms with Gasteiger partial charge in [0.15, 0.2) is 0 Å². The third-order valence-corrected chi connectivity index (χ3v) is 12.2. The van der Waals surface area contributed by atoms with Crippen LogP contribution in [0.25, 0.3) is 21.7 Å². The number of hydrogen-bond donors (Lipinski definition) is 5. The molecule has 8 rings (SSSR count). The van der Waals surface area contributed by atoms with Crippen LogP contribution in [0, 0.1) is 0 Å². The number of carboxylic acids is 1. The summed E-state index contributed by atoms with van der Waals surface area (Å²) in [6.07, 6.45) is 3.65. The minimum absolute atomic E-state index is 0.0578. The third kappa shape index (κ3) is 10.7. The summed E-state index contributed by atoms with van der Waals surface area (Å²) in [6.45, 7) is 3.31. The number of benzene rings is 4. The zero-order valence-corrected chi connectivity index (χ0v) is 36.8. The Balaban J connectivity index is 0.868. The molecule has 1 atom stereocenters. The summed E-state index contributed by atoms with van der Waals surface area (Å²) in [5, 5.41) is 19.8. The van der Waals surface area contributed by atoms with E-state index in [2.05, 4.69) is 25.8 Å². The molecule has 5 aromatic rings. The molecule has 4 heterocycles. The van der Waals surface area contributed by atoms with Gasteiger partial charge < -0.3 is 45.5 Å². The monoisotopic (exact) mass is 910 g/mol. The zero-order chi connectivity index (χ0) is 47.2. The number of piperazine rings is 1. The maximum Gasteiger partial charge on any atom is 0.415 e. The van der Waals surface area contributed by atoms with Crippen LogP contribution in [0.2, 0.25) is 0 Å². The van der Waals surface area contributed by atoms with E-state index in [-0.39, 0.29) is 49.1 Å². The van der Waals surface area contributed by atoms with Crippen molar-refractivity contribution in [3.05, 3.63) is 108 Å². The first-order valence-electron chi connectivity index (χ1n) is 22.2. The summed E-state index contributed by atoms with van der Waals surface area (Å²) in [5.74, 6) is -3.25. The van der Waals surface area contributed by atoms with Gasteiger partial charge in [0.1, 0.15) is 17.5 Å². The van der Waals surface area contributed by atoms with Crippen LogP contribution in [-0.2, 0) is 30.4 Å². The number of anilines is 3. The number of nitrogens with zero attached hydrogens (tertiary/aromatic N) is 4. The Morgan fingerprint density at radius 2 is 1.49 bits per heavy atom. The number of amides is 7. The molecule has 0 bridgehead atoms. The number of likely N-dealkylation sites (N-methyl/N-ethyl adjacent to an activating group) is 1. The van der Waals surface area contributed by atoms with Gasteiger partial charge in [-0.15, -0.1) is 0 Å². The highest BCUT2D eigenvalue weighted by Crippen LogP contribution is 2.41. The number of unbranched alkanes of at least 4 members (excludes halogenated alkanes) is 2. The Bertz CT molecular complexity index is 2790. The summed E-state index contributed by atoms with van der Waals surface area (Å²) < 4.78 is 6.00. The highest BCUT2D eigenvalue weighted by Gasteiger charge is 2.31. The number of fused-ring (bicyclic) bond motifs is 4. The number of carboxylic acid groups (broad SMARTS) is 1.